The number of halogens is 3. The molecule has 0 spiro atoms. The fourth-order valence-electron chi connectivity index (χ4n) is 4.54. The molecule has 2 heterocycles. The van der Waals surface area contributed by atoms with Crippen molar-refractivity contribution in [1.82, 2.24) is 4.90 Å². The smallest absolute Gasteiger partial charge is 0.416 e. The summed E-state index contributed by atoms with van der Waals surface area (Å²) in [6.45, 7) is 2.69. The fraction of sp³-hybridized carbons (Fsp3) is 0.370. The Morgan fingerprint density at radius 1 is 1.12 bits per heavy atom. The molecule has 0 fully saturated rings. The number of alkyl halides is 3. The molecule has 4 rings (SSSR count). The van der Waals surface area contributed by atoms with Crippen LogP contribution in [0.2, 0.25) is 0 Å². The van der Waals surface area contributed by atoms with Crippen molar-refractivity contribution < 1.29 is 23.1 Å². The number of hydrogen-bond acceptors (Lipinski definition) is 3. The number of rotatable bonds is 6. The molecule has 7 heteroatoms. The molecule has 34 heavy (non-hydrogen) atoms. The summed E-state index contributed by atoms with van der Waals surface area (Å²) in [6.07, 6.45) is 5.85. The number of allylic oxidation sites excluding steroid dienone is 1. The van der Waals surface area contributed by atoms with E-state index in [0.29, 0.717) is 4.90 Å². The quantitative estimate of drug-likeness (QED) is 0.454. The second-order valence-corrected chi connectivity index (χ2v) is 10.2. The molecule has 0 saturated carbocycles. The lowest BCUT2D eigenvalue weighted by molar-refractivity contribution is -0.138. The Labute approximate surface area is 202 Å². The number of carboxylic acid groups (broad SMARTS) is 1. The average Bonchev–Trinajstić information content (AvgIpc) is 2.75. The van der Waals surface area contributed by atoms with Crippen LogP contribution >= 0.6 is 11.8 Å². The van der Waals surface area contributed by atoms with Crippen molar-refractivity contribution in [1.29, 1.82) is 0 Å². The molecule has 180 valence electrons. The second-order valence-electron chi connectivity index (χ2n) is 8.89. The van der Waals surface area contributed by atoms with Crippen LogP contribution in [-0.4, -0.2) is 34.3 Å². The summed E-state index contributed by atoms with van der Waals surface area (Å²) in [7, 11) is 0. The maximum absolute atomic E-state index is 13.1. The zero-order chi connectivity index (χ0) is 24.1. The summed E-state index contributed by atoms with van der Waals surface area (Å²) < 4.78 is 39.3. The molecule has 2 aromatic carbocycles. The Kier molecular flexibility index (Phi) is 7.84. The molecular weight excluding hydrogens is 459 g/mol. The topological polar surface area (TPSA) is 40.5 Å². The van der Waals surface area contributed by atoms with Crippen LogP contribution in [0.4, 0.5) is 13.2 Å². The molecule has 1 N–H and O–H groups in total. The van der Waals surface area contributed by atoms with Crippen LogP contribution in [-0.2, 0) is 23.9 Å². The molecule has 0 saturated heterocycles. The zero-order valence-corrected chi connectivity index (χ0v) is 19.7. The number of hydrogen-bond donors (Lipinski definition) is 1. The molecule has 2 aromatic rings. The Morgan fingerprint density at radius 2 is 1.94 bits per heavy atom. The molecule has 0 radical (unpaired) electrons. The summed E-state index contributed by atoms with van der Waals surface area (Å²) in [6, 6.07) is 11.8. The molecule has 1 unspecified atom stereocenters. The van der Waals surface area contributed by atoms with Crippen LogP contribution in [0.5, 0.6) is 0 Å². The molecular formula is C27H28F3NO2S. The van der Waals surface area contributed by atoms with E-state index in [4.69, 9.17) is 5.11 Å². The number of carbonyl (C=O) groups is 1. The minimum atomic E-state index is -4.32. The molecule has 0 aliphatic carbocycles. The maximum Gasteiger partial charge on any atom is 0.416 e. The molecule has 2 aliphatic rings. The van der Waals surface area contributed by atoms with Gasteiger partial charge in [-0.05, 0) is 61.1 Å². The minimum Gasteiger partial charge on any atom is -0.481 e. The van der Waals surface area contributed by atoms with Crippen LogP contribution in [0.25, 0.3) is 6.08 Å². The van der Waals surface area contributed by atoms with Gasteiger partial charge in [-0.25, -0.2) is 0 Å². The maximum atomic E-state index is 13.1. The SMILES string of the molecule is O=C(O)Cc1cccc(CN2CCC=C(CC3C=Cc4ccc(C(F)(F)F)cc4S3)CCC2)c1. The lowest BCUT2D eigenvalue weighted by atomic mass is 10.00. The van der Waals surface area contributed by atoms with Gasteiger partial charge in [0, 0.05) is 23.2 Å². The van der Waals surface area contributed by atoms with E-state index >= 15 is 0 Å². The predicted octanol–water partition coefficient (Wildman–Crippen LogP) is 6.82. The van der Waals surface area contributed by atoms with E-state index in [1.54, 1.807) is 6.07 Å². The van der Waals surface area contributed by atoms with E-state index in [2.05, 4.69) is 17.1 Å². The van der Waals surface area contributed by atoms with E-state index in [1.807, 2.05) is 30.3 Å². The van der Waals surface area contributed by atoms with Gasteiger partial charge in [-0.1, -0.05) is 54.1 Å². The van der Waals surface area contributed by atoms with Gasteiger partial charge < -0.3 is 5.11 Å². The van der Waals surface area contributed by atoms with Gasteiger partial charge in [0.25, 0.3) is 0 Å². The third-order valence-corrected chi connectivity index (χ3v) is 7.41. The largest absolute Gasteiger partial charge is 0.481 e. The first-order valence-corrected chi connectivity index (χ1v) is 12.4. The normalized spacial score (nSPS) is 19.1. The zero-order valence-electron chi connectivity index (χ0n) is 18.9. The number of carboxylic acids is 1. The van der Waals surface area contributed by atoms with Crippen molar-refractivity contribution in [3.63, 3.8) is 0 Å². The number of fused-ring (bicyclic) bond motifs is 1. The minimum absolute atomic E-state index is 0.0373. The van der Waals surface area contributed by atoms with Crippen LogP contribution in [0.3, 0.4) is 0 Å². The third kappa shape index (κ3) is 6.76. The summed E-state index contributed by atoms with van der Waals surface area (Å²) in [4.78, 5) is 14.1. The van der Waals surface area contributed by atoms with Crippen LogP contribution in [0.15, 0.2) is 65.1 Å². The van der Waals surface area contributed by atoms with Crippen molar-refractivity contribution in [2.75, 3.05) is 13.1 Å². The summed E-state index contributed by atoms with van der Waals surface area (Å²) in [5, 5.41) is 9.16. The van der Waals surface area contributed by atoms with Crippen LogP contribution < -0.4 is 0 Å². The summed E-state index contributed by atoms with van der Waals surface area (Å²) in [5.74, 6) is -0.823. The number of benzene rings is 2. The van der Waals surface area contributed by atoms with E-state index in [1.165, 1.54) is 23.4 Å². The van der Waals surface area contributed by atoms with Crippen molar-refractivity contribution >= 4 is 23.8 Å². The predicted molar refractivity (Wildman–Crippen MR) is 130 cm³/mol. The lowest BCUT2D eigenvalue weighted by Gasteiger charge is -2.26. The summed E-state index contributed by atoms with van der Waals surface area (Å²) >= 11 is 1.52. The van der Waals surface area contributed by atoms with Gasteiger partial charge in [-0.3, -0.25) is 9.69 Å². The van der Waals surface area contributed by atoms with Gasteiger partial charge in [0.2, 0.25) is 0 Å². The molecule has 1 atom stereocenters. The van der Waals surface area contributed by atoms with Crippen molar-refractivity contribution in [3.8, 4) is 0 Å². The Bertz CT molecular complexity index is 1090. The van der Waals surface area contributed by atoms with Gasteiger partial charge in [0.1, 0.15) is 0 Å². The highest BCUT2D eigenvalue weighted by atomic mass is 32.2. The van der Waals surface area contributed by atoms with Crippen LogP contribution in [0, 0.1) is 0 Å². The van der Waals surface area contributed by atoms with Gasteiger partial charge >= 0.3 is 12.1 Å². The molecule has 0 bridgehead atoms. The second kappa shape index (κ2) is 10.8. The van der Waals surface area contributed by atoms with Gasteiger partial charge in [0.15, 0.2) is 0 Å². The fourth-order valence-corrected chi connectivity index (χ4v) is 5.79. The van der Waals surface area contributed by atoms with E-state index in [-0.39, 0.29) is 11.7 Å². The van der Waals surface area contributed by atoms with E-state index in [9.17, 15) is 18.0 Å². The summed E-state index contributed by atoms with van der Waals surface area (Å²) in [5.41, 5.74) is 3.58. The van der Waals surface area contributed by atoms with Gasteiger partial charge in [-0.2, -0.15) is 13.2 Å². The number of nitrogens with zero attached hydrogens (tertiary/aromatic N) is 1. The first-order chi connectivity index (χ1) is 16.3. The first-order valence-electron chi connectivity index (χ1n) is 11.5. The van der Waals surface area contributed by atoms with Crippen molar-refractivity contribution in [2.24, 2.45) is 0 Å². The monoisotopic (exact) mass is 487 g/mol. The van der Waals surface area contributed by atoms with Gasteiger partial charge in [-0.15, -0.1) is 11.8 Å². The molecule has 3 nitrogen and oxygen atoms in total. The average molecular weight is 488 g/mol. The van der Waals surface area contributed by atoms with E-state index < -0.39 is 17.7 Å². The van der Waals surface area contributed by atoms with Gasteiger partial charge in [0.05, 0.1) is 12.0 Å². The first kappa shape index (κ1) is 24.6. The Hall–Kier alpha value is -2.51. The highest BCUT2D eigenvalue weighted by Gasteiger charge is 2.31. The Morgan fingerprint density at radius 3 is 2.74 bits per heavy atom. The van der Waals surface area contributed by atoms with Crippen molar-refractivity contribution in [3.05, 3.63) is 82.4 Å². The highest BCUT2D eigenvalue weighted by molar-refractivity contribution is 8.00. The lowest BCUT2D eigenvalue weighted by Crippen LogP contribution is -2.26. The molecule has 0 aromatic heterocycles. The highest BCUT2D eigenvalue weighted by Crippen LogP contribution is 2.40. The standard InChI is InChI=1S/C27H28F3NO2S/c28-27(29,30)23-10-8-22-9-11-24(34-25(22)17-23)15-19-6-2-12-31(13-3-7-19)18-21-5-1-4-20(14-21)16-26(32)33/h1,4-6,8-11,14,17,24H,2-3,7,12-13,15-16,18H2,(H,32,33). The molecule has 0 amide bonds. The Balaban J connectivity index is 1.32. The van der Waals surface area contributed by atoms with Crippen molar-refractivity contribution in [2.45, 2.75) is 55.0 Å². The molecule has 2 aliphatic heterocycles. The number of aliphatic carboxylic acids is 1. The third-order valence-electron chi connectivity index (χ3n) is 6.18. The van der Waals surface area contributed by atoms with Crippen LogP contribution in [0.1, 0.15) is 47.9 Å². The van der Waals surface area contributed by atoms with E-state index in [0.717, 1.165) is 68.1 Å². The number of thioether (sulfide) groups is 1.